The molecule has 0 bridgehead atoms. The largest absolute Gasteiger partial charge is 0.376 e. The second-order valence-electron chi connectivity index (χ2n) is 10.1. The minimum Gasteiger partial charge on any atom is -0.376 e. The van der Waals surface area contributed by atoms with Crippen molar-refractivity contribution in [1.82, 2.24) is 29.7 Å². The van der Waals surface area contributed by atoms with E-state index >= 15 is 0 Å². The highest BCUT2D eigenvalue weighted by atomic mass is 16.5. The minimum atomic E-state index is 0.279. The first kappa shape index (κ1) is 19.0. The Balaban J connectivity index is 1.17. The summed E-state index contributed by atoms with van der Waals surface area (Å²) >= 11 is 0. The number of nitrogens with zero attached hydrogens (tertiary/aromatic N) is 6. The number of ether oxygens (including phenoxy) is 1. The van der Waals surface area contributed by atoms with Crippen molar-refractivity contribution in [3.63, 3.8) is 0 Å². The van der Waals surface area contributed by atoms with Gasteiger partial charge in [-0.25, -0.2) is 4.68 Å². The molecule has 7 nitrogen and oxygen atoms in total. The molecular weight excluding hydrogens is 376 g/mol. The molecule has 2 aromatic heterocycles. The molecule has 0 unspecified atom stereocenters. The maximum Gasteiger partial charge on any atom is 0.0858 e. The van der Waals surface area contributed by atoms with E-state index in [9.17, 15) is 0 Å². The average Bonchev–Trinajstić information content (AvgIpc) is 3.64. The molecule has 0 aromatic carbocycles. The van der Waals surface area contributed by atoms with Crippen molar-refractivity contribution in [2.24, 2.45) is 17.8 Å². The summed E-state index contributed by atoms with van der Waals surface area (Å²) < 4.78 is 10.8. The molecule has 1 saturated heterocycles. The molecule has 1 aliphatic heterocycles. The molecule has 7 heteroatoms. The van der Waals surface area contributed by atoms with Gasteiger partial charge < -0.3 is 4.74 Å². The molecule has 162 valence electrons. The van der Waals surface area contributed by atoms with Crippen molar-refractivity contribution in [1.29, 1.82) is 0 Å². The van der Waals surface area contributed by atoms with E-state index in [1.807, 2.05) is 6.20 Å². The minimum absolute atomic E-state index is 0.279. The van der Waals surface area contributed by atoms with Crippen LogP contribution < -0.4 is 0 Å². The van der Waals surface area contributed by atoms with Crippen LogP contribution in [0.5, 0.6) is 0 Å². The molecule has 3 heterocycles. The van der Waals surface area contributed by atoms with Crippen LogP contribution in [0.25, 0.3) is 0 Å². The number of likely N-dealkylation sites (tertiary alicyclic amines) is 1. The molecular formula is C23H34N6O. The first-order valence-electron chi connectivity index (χ1n) is 12.0. The van der Waals surface area contributed by atoms with Gasteiger partial charge in [0.25, 0.3) is 0 Å². The van der Waals surface area contributed by atoms with Gasteiger partial charge >= 0.3 is 0 Å². The standard InChI is InChI=1S/C23H34N6O/c1-2-28-20(7-8-24-28)13-27-11-18-9-22(29-14-21(25-26-29)17-5-6-17)23(10-19(18)12-27)30-15-16-3-4-16/h7-8,14,16-19,22-23H,2-6,9-13,15H2,1H3/t18-,19+,22-,23-/m1/s1. The molecule has 0 spiro atoms. The first-order valence-corrected chi connectivity index (χ1v) is 12.0. The zero-order chi connectivity index (χ0) is 20.1. The van der Waals surface area contributed by atoms with Gasteiger partial charge in [0.1, 0.15) is 0 Å². The van der Waals surface area contributed by atoms with Gasteiger partial charge in [-0.2, -0.15) is 5.10 Å². The predicted molar refractivity (Wildman–Crippen MR) is 113 cm³/mol. The highest BCUT2D eigenvalue weighted by molar-refractivity contribution is 5.10. The summed E-state index contributed by atoms with van der Waals surface area (Å²) in [4.78, 5) is 2.63. The maximum atomic E-state index is 6.52. The van der Waals surface area contributed by atoms with E-state index in [4.69, 9.17) is 4.74 Å². The first-order chi connectivity index (χ1) is 14.8. The smallest absolute Gasteiger partial charge is 0.0858 e. The van der Waals surface area contributed by atoms with Crippen LogP contribution in [0.1, 0.15) is 68.8 Å². The fourth-order valence-electron chi connectivity index (χ4n) is 5.65. The summed E-state index contributed by atoms with van der Waals surface area (Å²) in [5.74, 6) is 2.92. The Hall–Kier alpha value is -1.73. The van der Waals surface area contributed by atoms with Crippen molar-refractivity contribution < 1.29 is 4.74 Å². The number of hydrogen-bond acceptors (Lipinski definition) is 5. The third-order valence-electron chi connectivity index (χ3n) is 7.76. The lowest BCUT2D eigenvalue weighted by atomic mass is 9.77. The average molecular weight is 411 g/mol. The van der Waals surface area contributed by atoms with Crippen molar-refractivity contribution in [3.8, 4) is 0 Å². The summed E-state index contributed by atoms with van der Waals surface area (Å²) in [6.07, 6.45) is 12.0. The van der Waals surface area contributed by atoms with Gasteiger partial charge in [0.05, 0.1) is 23.5 Å². The highest BCUT2D eigenvalue weighted by Crippen LogP contribution is 2.44. The van der Waals surface area contributed by atoms with Crippen LogP contribution in [-0.2, 0) is 17.8 Å². The zero-order valence-electron chi connectivity index (χ0n) is 18.1. The van der Waals surface area contributed by atoms with Gasteiger partial charge in [0.15, 0.2) is 0 Å². The van der Waals surface area contributed by atoms with E-state index in [0.29, 0.717) is 12.0 Å². The fraction of sp³-hybridized carbons (Fsp3) is 0.783. The van der Waals surface area contributed by atoms with Gasteiger partial charge in [-0.05, 0) is 69.3 Å². The van der Waals surface area contributed by atoms with Crippen molar-refractivity contribution in [2.45, 2.75) is 76.6 Å². The summed E-state index contributed by atoms with van der Waals surface area (Å²) in [5, 5.41) is 13.5. The van der Waals surface area contributed by atoms with Gasteiger partial charge in [-0.1, -0.05) is 5.21 Å². The van der Waals surface area contributed by atoms with E-state index in [0.717, 1.165) is 50.3 Å². The second kappa shape index (κ2) is 7.75. The van der Waals surface area contributed by atoms with Crippen LogP contribution in [-0.4, -0.2) is 55.5 Å². The molecule has 4 fully saturated rings. The lowest BCUT2D eigenvalue weighted by molar-refractivity contribution is -0.0375. The van der Waals surface area contributed by atoms with Gasteiger partial charge in [0, 0.05) is 51.1 Å². The third-order valence-corrected chi connectivity index (χ3v) is 7.76. The molecule has 4 aliphatic rings. The van der Waals surface area contributed by atoms with E-state index < -0.39 is 0 Å². The van der Waals surface area contributed by atoms with E-state index in [1.165, 1.54) is 50.2 Å². The molecule has 6 rings (SSSR count). The van der Waals surface area contributed by atoms with Crippen LogP contribution in [0.2, 0.25) is 0 Å². The fourth-order valence-corrected chi connectivity index (χ4v) is 5.65. The maximum absolute atomic E-state index is 6.52. The molecule has 30 heavy (non-hydrogen) atoms. The van der Waals surface area contributed by atoms with Crippen LogP contribution in [0.3, 0.4) is 0 Å². The van der Waals surface area contributed by atoms with Crippen molar-refractivity contribution >= 4 is 0 Å². The number of rotatable bonds is 8. The summed E-state index contributed by atoms with van der Waals surface area (Å²) in [7, 11) is 0. The Morgan fingerprint density at radius 2 is 1.93 bits per heavy atom. The Labute approximate surface area is 178 Å². The van der Waals surface area contributed by atoms with Gasteiger partial charge in [0.2, 0.25) is 0 Å². The van der Waals surface area contributed by atoms with E-state index in [2.05, 4.69) is 48.9 Å². The van der Waals surface area contributed by atoms with Crippen LogP contribution in [0, 0.1) is 17.8 Å². The molecule has 2 aromatic rings. The van der Waals surface area contributed by atoms with Crippen molar-refractivity contribution in [3.05, 3.63) is 29.8 Å². The monoisotopic (exact) mass is 410 g/mol. The normalized spacial score (nSPS) is 31.9. The Morgan fingerprint density at radius 1 is 1.10 bits per heavy atom. The van der Waals surface area contributed by atoms with Crippen molar-refractivity contribution in [2.75, 3.05) is 19.7 Å². The number of hydrogen-bond donors (Lipinski definition) is 0. The topological polar surface area (TPSA) is 61.0 Å². The molecule has 0 amide bonds. The summed E-state index contributed by atoms with van der Waals surface area (Å²) in [5.41, 5.74) is 2.53. The Morgan fingerprint density at radius 3 is 2.70 bits per heavy atom. The SMILES string of the molecule is CCn1nccc1CN1C[C@H]2C[C@@H](n3cc(C4CC4)nn3)[C@H](OCC3CC3)C[C@H]2C1. The highest BCUT2D eigenvalue weighted by Gasteiger charge is 2.44. The molecule has 4 atom stereocenters. The lowest BCUT2D eigenvalue weighted by Crippen LogP contribution is -2.38. The molecule has 3 saturated carbocycles. The second-order valence-corrected chi connectivity index (χ2v) is 10.1. The van der Waals surface area contributed by atoms with Crippen LogP contribution >= 0.6 is 0 Å². The Bertz CT molecular complexity index is 869. The van der Waals surface area contributed by atoms with Crippen LogP contribution in [0.15, 0.2) is 18.5 Å². The van der Waals surface area contributed by atoms with E-state index in [1.54, 1.807) is 0 Å². The predicted octanol–water partition coefficient (Wildman–Crippen LogP) is 3.25. The molecule has 3 aliphatic carbocycles. The van der Waals surface area contributed by atoms with E-state index in [-0.39, 0.29) is 6.10 Å². The summed E-state index contributed by atoms with van der Waals surface area (Å²) in [6, 6.07) is 2.51. The van der Waals surface area contributed by atoms with Crippen LogP contribution in [0.4, 0.5) is 0 Å². The number of aromatic nitrogens is 5. The summed E-state index contributed by atoms with van der Waals surface area (Å²) in [6.45, 7) is 7.41. The molecule has 0 N–H and O–H groups in total. The van der Waals surface area contributed by atoms with Gasteiger partial charge in [-0.3, -0.25) is 9.58 Å². The molecule has 0 radical (unpaired) electrons. The number of fused-ring (bicyclic) bond motifs is 1. The zero-order valence-corrected chi connectivity index (χ0v) is 18.1. The third kappa shape index (κ3) is 3.82. The Kier molecular flexibility index (Phi) is 4.91. The lowest BCUT2D eigenvalue weighted by Gasteiger charge is -2.37. The number of aryl methyl sites for hydroxylation is 1. The van der Waals surface area contributed by atoms with Gasteiger partial charge in [-0.15, -0.1) is 5.10 Å². The quantitative estimate of drug-likeness (QED) is 0.669.